The average molecular weight is 341 g/mol. The molecule has 1 aliphatic rings. The van der Waals surface area contributed by atoms with Gasteiger partial charge in [-0.05, 0) is 36.6 Å². The molecule has 6 heteroatoms. The van der Waals surface area contributed by atoms with Crippen LogP contribution in [0, 0.1) is 6.92 Å². The van der Waals surface area contributed by atoms with Crippen LogP contribution in [-0.4, -0.2) is 27.4 Å². The van der Waals surface area contributed by atoms with E-state index in [4.69, 9.17) is 4.42 Å². The Morgan fingerprint density at radius 2 is 2.12 bits per heavy atom. The summed E-state index contributed by atoms with van der Waals surface area (Å²) in [5, 5.41) is 8.86. The molecule has 2 heterocycles. The van der Waals surface area contributed by atoms with Crippen LogP contribution in [0.1, 0.15) is 30.2 Å². The zero-order chi connectivity index (χ0) is 16.9. The van der Waals surface area contributed by atoms with Crippen molar-refractivity contribution in [1.29, 1.82) is 0 Å². The van der Waals surface area contributed by atoms with Crippen LogP contribution in [0.4, 0.5) is 0 Å². The molecule has 2 aromatic rings. The molecular formula is C18H19N3O2S. The lowest BCUT2D eigenvalue weighted by atomic mass is 10.1. The van der Waals surface area contributed by atoms with Gasteiger partial charge in [-0.1, -0.05) is 43.0 Å². The Morgan fingerprint density at radius 3 is 2.83 bits per heavy atom. The van der Waals surface area contributed by atoms with Gasteiger partial charge in [-0.2, -0.15) is 5.10 Å². The maximum atomic E-state index is 12.6. The summed E-state index contributed by atoms with van der Waals surface area (Å²) in [6, 6.07) is 11.7. The molecule has 1 aliphatic heterocycles. The van der Waals surface area contributed by atoms with Crippen LogP contribution in [-0.2, 0) is 11.3 Å². The van der Waals surface area contributed by atoms with E-state index in [0.717, 1.165) is 17.5 Å². The van der Waals surface area contributed by atoms with Crippen LogP contribution in [0.5, 0.6) is 0 Å². The summed E-state index contributed by atoms with van der Waals surface area (Å²) in [5.41, 5.74) is 2.28. The minimum atomic E-state index is -0.0911. The van der Waals surface area contributed by atoms with E-state index in [0.29, 0.717) is 17.5 Å². The fourth-order valence-corrected chi connectivity index (χ4v) is 3.47. The number of rotatable bonds is 5. The first-order chi connectivity index (χ1) is 11.7. The number of aryl methyl sites for hydroxylation is 1. The fraction of sp³-hybridized carbons (Fsp3) is 0.278. The first-order valence-electron chi connectivity index (χ1n) is 7.86. The van der Waals surface area contributed by atoms with Crippen LogP contribution in [0.2, 0.25) is 0 Å². The second-order valence-electron chi connectivity index (χ2n) is 5.51. The molecule has 1 fully saturated rings. The third-order valence-corrected chi connectivity index (χ3v) is 5.18. The molecule has 1 saturated heterocycles. The lowest BCUT2D eigenvalue weighted by Crippen LogP contribution is -2.31. The highest BCUT2D eigenvalue weighted by molar-refractivity contribution is 8.15. The predicted octanol–water partition coefficient (Wildman–Crippen LogP) is 3.83. The third kappa shape index (κ3) is 3.59. The Kier molecular flexibility index (Phi) is 5.15. The van der Waals surface area contributed by atoms with Crippen molar-refractivity contribution >= 4 is 29.1 Å². The SMILES string of the molecule is CC[C@@H]1S/C(=N\N=C/c2ccco2)N(Cc2ccccc2C)C1=O. The zero-order valence-electron chi connectivity index (χ0n) is 13.7. The van der Waals surface area contributed by atoms with Gasteiger partial charge in [0.05, 0.1) is 24.3 Å². The molecule has 1 aromatic carbocycles. The Balaban J connectivity index is 1.82. The molecule has 1 atom stereocenters. The normalized spacial score (nSPS) is 19.8. The molecule has 0 bridgehead atoms. The molecule has 0 spiro atoms. The van der Waals surface area contributed by atoms with Crippen LogP contribution in [0.25, 0.3) is 0 Å². The molecule has 0 unspecified atom stereocenters. The van der Waals surface area contributed by atoms with Gasteiger partial charge < -0.3 is 4.42 Å². The summed E-state index contributed by atoms with van der Waals surface area (Å²) in [6.07, 6.45) is 3.90. The molecule has 5 nitrogen and oxygen atoms in total. The number of hydrogen-bond donors (Lipinski definition) is 0. The van der Waals surface area contributed by atoms with Crippen molar-refractivity contribution in [3.8, 4) is 0 Å². The van der Waals surface area contributed by atoms with Crippen LogP contribution in [0.3, 0.4) is 0 Å². The average Bonchev–Trinajstić information content (AvgIpc) is 3.19. The number of benzene rings is 1. The van der Waals surface area contributed by atoms with E-state index in [-0.39, 0.29) is 11.2 Å². The molecule has 1 amide bonds. The van der Waals surface area contributed by atoms with Gasteiger partial charge in [0.2, 0.25) is 5.91 Å². The van der Waals surface area contributed by atoms with E-state index in [1.807, 2.05) is 38.1 Å². The standard InChI is InChI=1S/C18H19N3O2S/c1-3-16-17(22)21(12-14-8-5-4-7-13(14)2)18(24-16)20-19-11-15-9-6-10-23-15/h4-11,16H,3,12H2,1-2H3/b19-11-,20-18-/t16-/m0/s1. The van der Waals surface area contributed by atoms with Crippen molar-refractivity contribution in [1.82, 2.24) is 4.90 Å². The molecular weight excluding hydrogens is 322 g/mol. The minimum absolute atomic E-state index is 0.0911. The largest absolute Gasteiger partial charge is 0.463 e. The smallest absolute Gasteiger partial charge is 0.242 e. The second-order valence-corrected chi connectivity index (χ2v) is 6.68. The van der Waals surface area contributed by atoms with Gasteiger partial charge in [-0.25, -0.2) is 0 Å². The van der Waals surface area contributed by atoms with Gasteiger partial charge >= 0.3 is 0 Å². The van der Waals surface area contributed by atoms with E-state index in [2.05, 4.69) is 10.2 Å². The number of furan rings is 1. The molecule has 1 aromatic heterocycles. The summed E-state index contributed by atoms with van der Waals surface area (Å²) >= 11 is 1.47. The fourth-order valence-electron chi connectivity index (χ4n) is 2.45. The van der Waals surface area contributed by atoms with Gasteiger partial charge in [0.15, 0.2) is 5.17 Å². The summed E-state index contributed by atoms with van der Waals surface area (Å²) < 4.78 is 5.19. The Morgan fingerprint density at radius 1 is 1.29 bits per heavy atom. The number of amides is 1. The van der Waals surface area contributed by atoms with Gasteiger partial charge in [0.25, 0.3) is 0 Å². The van der Waals surface area contributed by atoms with Crippen LogP contribution < -0.4 is 0 Å². The lowest BCUT2D eigenvalue weighted by Gasteiger charge is -2.17. The van der Waals surface area contributed by atoms with Gasteiger partial charge in [0.1, 0.15) is 5.76 Å². The highest BCUT2D eigenvalue weighted by Gasteiger charge is 2.37. The lowest BCUT2D eigenvalue weighted by molar-refractivity contribution is -0.126. The highest BCUT2D eigenvalue weighted by atomic mass is 32.2. The Bertz CT molecular complexity index is 768. The molecule has 0 aliphatic carbocycles. The monoisotopic (exact) mass is 341 g/mol. The molecule has 3 rings (SSSR count). The number of carbonyl (C=O) groups excluding carboxylic acids is 1. The van der Waals surface area contributed by atoms with Gasteiger partial charge in [-0.15, -0.1) is 5.10 Å². The minimum Gasteiger partial charge on any atom is -0.463 e. The van der Waals surface area contributed by atoms with Crippen molar-refractivity contribution in [2.24, 2.45) is 10.2 Å². The van der Waals surface area contributed by atoms with Crippen molar-refractivity contribution in [3.05, 3.63) is 59.5 Å². The van der Waals surface area contributed by atoms with Crippen molar-refractivity contribution in [2.45, 2.75) is 32.1 Å². The molecule has 0 radical (unpaired) electrons. The quantitative estimate of drug-likeness (QED) is 0.613. The van der Waals surface area contributed by atoms with E-state index in [1.54, 1.807) is 29.5 Å². The Hall–Kier alpha value is -2.34. The number of hydrogen-bond acceptors (Lipinski definition) is 5. The van der Waals surface area contributed by atoms with Crippen molar-refractivity contribution in [3.63, 3.8) is 0 Å². The summed E-state index contributed by atoms with van der Waals surface area (Å²) in [6.45, 7) is 4.58. The maximum Gasteiger partial charge on any atom is 0.242 e. The summed E-state index contributed by atoms with van der Waals surface area (Å²) in [4.78, 5) is 14.3. The third-order valence-electron chi connectivity index (χ3n) is 3.85. The highest BCUT2D eigenvalue weighted by Crippen LogP contribution is 2.31. The molecule has 24 heavy (non-hydrogen) atoms. The first kappa shape index (κ1) is 16.5. The predicted molar refractivity (Wildman–Crippen MR) is 97.1 cm³/mol. The molecule has 124 valence electrons. The van der Waals surface area contributed by atoms with Crippen molar-refractivity contribution in [2.75, 3.05) is 0 Å². The summed E-state index contributed by atoms with van der Waals surface area (Å²) in [5.74, 6) is 0.726. The van der Waals surface area contributed by atoms with E-state index in [9.17, 15) is 4.79 Å². The first-order valence-corrected chi connectivity index (χ1v) is 8.74. The molecule has 0 saturated carbocycles. The van der Waals surface area contributed by atoms with E-state index in [1.165, 1.54) is 11.8 Å². The Labute approximate surface area is 145 Å². The topological polar surface area (TPSA) is 58.2 Å². The summed E-state index contributed by atoms with van der Waals surface area (Å²) in [7, 11) is 0. The second kappa shape index (κ2) is 7.49. The molecule has 0 N–H and O–H groups in total. The van der Waals surface area contributed by atoms with Gasteiger partial charge in [0, 0.05) is 0 Å². The number of nitrogens with zero attached hydrogens (tertiary/aromatic N) is 3. The maximum absolute atomic E-state index is 12.6. The van der Waals surface area contributed by atoms with E-state index < -0.39 is 0 Å². The number of amidine groups is 1. The van der Waals surface area contributed by atoms with Crippen LogP contribution >= 0.6 is 11.8 Å². The van der Waals surface area contributed by atoms with Crippen LogP contribution in [0.15, 0.2) is 57.3 Å². The van der Waals surface area contributed by atoms with E-state index >= 15 is 0 Å². The zero-order valence-corrected chi connectivity index (χ0v) is 14.5. The van der Waals surface area contributed by atoms with Gasteiger partial charge in [-0.3, -0.25) is 9.69 Å². The van der Waals surface area contributed by atoms with Crippen molar-refractivity contribution < 1.29 is 9.21 Å². The number of carbonyl (C=O) groups is 1. The number of thioether (sulfide) groups is 1.